The van der Waals surface area contributed by atoms with Crippen molar-refractivity contribution in [1.82, 2.24) is 4.90 Å². The van der Waals surface area contributed by atoms with Gasteiger partial charge < -0.3 is 9.64 Å². The highest BCUT2D eigenvalue weighted by Crippen LogP contribution is 2.34. The number of amides is 1. The number of hydrogen-bond acceptors (Lipinski definition) is 6. The first-order valence-corrected chi connectivity index (χ1v) is 12.5. The molecule has 2 fully saturated rings. The average molecular weight is 424 g/mol. The second-order valence-corrected chi connectivity index (χ2v) is 11.2. The van der Waals surface area contributed by atoms with Crippen molar-refractivity contribution in [3.63, 3.8) is 0 Å². The van der Waals surface area contributed by atoms with Gasteiger partial charge >= 0.3 is 0 Å². The van der Waals surface area contributed by atoms with Gasteiger partial charge in [-0.2, -0.15) is 0 Å². The normalized spacial score (nSPS) is 29.0. The van der Waals surface area contributed by atoms with Gasteiger partial charge in [0.1, 0.15) is 11.7 Å². The van der Waals surface area contributed by atoms with Gasteiger partial charge in [0, 0.05) is 10.9 Å². The molecular formula is C20H25NO5S2. The van der Waals surface area contributed by atoms with Gasteiger partial charge in [-0.1, -0.05) is 6.42 Å². The van der Waals surface area contributed by atoms with Crippen molar-refractivity contribution >= 4 is 32.9 Å². The van der Waals surface area contributed by atoms with E-state index in [0.29, 0.717) is 13.0 Å². The Balaban J connectivity index is 1.62. The lowest BCUT2D eigenvalue weighted by atomic mass is 9.80. The highest BCUT2D eigenvalue weighted by atomic mass is 32.2. The molecule has 0 N–H and O–H groups in total. The molecule has 0 bridgehead atoms. The minimum Gasteiger partial charge on any atom is -0.496 e. The number of fused-ring (bicyclic) bond motifs is 1. The van der Waals surface area contributed by atoms with Gasteiger partial charge in [0.2, 0.25) is 0 Å². The van der Waals surface area contributed by atoms with Crippen LogP contribution in [0.5, 0.6) is 0 Å². The van der Waals surface area contributed by atoms with Gasteiger partial charge in [0.05, 0.1) is 30.2 Å². The van der Waals surface area contributed by atoms with E-state index in [1.165, 1.54) is 6.26 Å². The summed E-state index contributed by atoms with van der Waals surface area (Å²) < 4.78 is 29.8. The number of carbonyl (C=O) groups is 2. The van der Waals surface area contributed by atoms with Gasteiger partial charge in [-0.05, 0) is 49.6 Å². The predicted octanol–water partition coefficient (Wildman–Crippen LogP) is 2.61. The van der Waals surface area contributed by atoms with Crippen molar-refractivity contribution in [2.75, 3.05) is 11.5 Å². The zero-order chi connectivity index (χ0) is 19.9. The third-order valence-corrected chi connectivity index (χ3v) is 8.85. The topological polar surface area (TPSA) is 80.8 Å². The Labute approximate surface area is 169 Å². The van der Waals surface area contributed by atoms with Crippen LogP contribution >= 0.6 is 11.3 Å². The molecule has 1 amide bonds. The number of sulfone groups is 1. The van der Waals surface area contributed by atoms with E-state index in [9.17, 15) is 18.0 Å². The Morgan fingerprint density at radius 2 is 2.07 bits per heavy atom. The summed E-state index contributed by atoms with van der Waals surface area (Å²) in [5, 5.41) is 1.96. The molecule has 152 valence electrons. The number of carbonyl (C=O) groups excluding carboxylic acids is 2. The van der Waals surface area contributed by atoms with Crippen LogP contribution in [-0.2, 0) is 30.7 Å². The number of Topliss-reactive ketones (excluding diaryl/α,β-unsaturated/α-hetero) is 1. The molecule has 0 aromatic carbocycles. The lowest BCUT2D eigenvalue weighted by molar-refractivity contribution is -0.136. The second-order valence-electron chi connectivity index (χ2n) is 7.98. The maximum atomic E-state index is 13.4. The molecule has 3 heterocycles. The highest BCUT2D eigenvalue weighted by molar-refractivity contribution is 7.91. The number of rotatable bonds is 4. The summed E-state index contributed by atoms with van der Waals surface area (Å²) in [6.07, 6.45) is 5.20. The van der Waals surface area contributed by atoms with E-state index in [1.54, 1.807) is 16.2 Å². The van der Waals surface area contributed by atoms with Crippen LogP contribution in [-0.4, -0.2) is 48.7 Å². The largest absolute Gasteiger partial charge is 0.496 e. The van der Waals surface area contributed by atoms with Gasteiger partial charge in [-0.3, -0.25) is 9.59 Å². The fourth-order valence-corrected chi connectivity index (χ4v) is 7.03. The zero-order valence-corrected chi connectivity index (χ0v) is 17.6. The molecule has 1 aromatic rings. The van der Waals surface area contributed by atoms with Crippen LogP contribution in [0.2, 0.25) is 0 Å². The van der Waals surface area contributed by atoms with Crippen molar-refractivity contribution in [2.45, 2.75) is 57.7 Å². The number of nitrogens with zero attached hydrogens (tertiary/aromatic N) is 1. The van der Waals surface area contributed by atoms with Crippen LogP contribution in [0.3, 0.4) is 0 Å². The predicted molar refractivity (Wildman–Crippen MR) is 107 cm³/mol. The Morgan fingerprint density at radius 3 is 2.75 bits per heavy atom. The maximum absolute atomic E-state index is 13.4. The molecule has 4 rings (SSSR count). The monoisotopic (exact) mass is 423 g/mol. The minimum atomic E-state index is -3.15. The summed E-state index contributed by atoms with van der Waals surface area (Å²) in [5.74, 6) is -0.759. The number of aryl methyl sites for hydroxylation is 1. The molecule has 1 saturated heterocycles. The Bertz CT molecular complexity index is 917. The Hall–Kier alpha value is -1.67. The quantitative estimate of drug-likeness (QED) is 0.696. The first kappa shape index (κ1) is 19.6. The van der Waals surface area contributed by atoms with Gasteiger partial charge in [-0.15, -0.1) is 11.3 Å². The lowest BCUT2D eigenvalue weighted by Crippen LogP contribution is -2.46. The molecule has 3 aliphatic rings. The van der Waals surface area contributed by atoms with E-state index in [1.807, 2.05) is 18.4 Å². The van der Waals surface area contributed by atoms with E-state index < -0.39 is 21.8 Å². The molecule has 1 saturated carbocycles. The molecule has 2 aliphatic heterocycles. The van der Waals surface area contributed by atoms with E-state index in [-0.39, 0.29) is 34.9 Å². The number of thiophene rings is 1. The molecule has 1 aliphatic carbocycles. The zero-order valence-electron chi connectivity index (χ0n) is 15.9. The van der Waals surface area contributed by atoms with Crippen molar-refractivity contribution in [3.8, 4) is 0 Å². The van der Waals surface area contributed by atoms with Gasteiger partial charge in [-0.25, -0.2) is 8.42 Å². The van der Waals surface area contributed by atoms with Gasteiger partial charge in [0.25, 0.3) is 5.91 Å². The van der Waals surface area contributed by atoms with E-state index in [2.05, 4.69) is 0 Å². The standard InChI is InChI=1S/C20H25NO5S2/c1-13-6-8-27-18(13)10-21(14-7-9-28(24,25)12-14)20(23)16-11-26-17-5-3-2-4-15(17)19(16)22/h6,8,11,14-15,17H,2-5,7,9-10,12H2,1H3. The summed E-state index contributed by atoms with van der Waals surface area (Å²) in [7, 11) is -3.15. The maximum Gasteiger partial charge on any atom is 0.261 e. The van der Waals surface area contributed by atoms with Crippen LogP contribution < -0.4 is 0 Å². The fourth-order valence-electron chi connectivity index (χ4n) is 4.39. The molecule has 6 nitrogen and oxygen atoms in total. The summed E-state index contributed by atoms with van der Waals surface area (Å²) in [4.78, 5) is 29.0. The molecule has 0 radical (unpaired) electrons. The van der Waals surface area contributed by atoms with Crippen molar-refractivity contribution in [3.05, 3.63) is 33.7 Å². The smallest absolute Gasteiger partial charge is 0.261 e. The summed E-state index contributed by atoms with van der Waals surface area (Å²) >= 11 is 1.54. The highest BCUT2D eigenvalue weighted by Gasteiger charge is 2.43. The molecule has 8 heteroatoms. The van der Waals surface area contributed by atoms with E-state index in [4.69, 9.17) is 4.74 Å². The van der Waals surface area contributed by atoms with Crippen LogP contribution in [0, 0.1) is 12.8 Å². The molecular weight excluding hydrogens is 398 g/mol. The first-order chi connectivity index (χ1) is 13.4. The molecule has 0 spiro atoms. The SMILES string of the molecule is Cc1ccsc1CN(C(=O)C1=COC2CCCCC2C1=O)C1CCS(=O)(=O)C1. The summed E-state index contributed by atoms with van der Waals surface area (Å²) in [5.41, 5.74) is 1.14. The number of hydrogen-bond donors (Lipinski definition) is 0. The molecule has 3 unspecified atom stereocenters. The fraction of sp³-hybridized carbons (Fsp3) is 0.600. The van der Waals surface area contributed by atoms with E-state index >= 15 is 0 Å². The molecule has 1 aromatic heterocycles. The number of ketones is 1. The van der Waals surface area contributed by atoms with Crippen LogP contribution in [0.4, 0.5) is 0 Å². The second kappa shape index (κ2) is 7.63. The third kappa shape index (κ3) is 3.76. The first-order valence-electron chi connectivity index (χ1n) is 9.80. The molecule has 3 atom stereocenters. The Morgan fingerprint density at radius 1 is 1.29 bits per heavy atom. The lowest BCUT2D eigenvalue weighted by Gasteiger charge is -2.35. The summed E-state index contributed by atoms with van der Waals surface area (Å²) in [6, 6.07) is 1.58. The van der Waals surface area contributed by atoms with Crippen molar-refractivity contribution in [2.24, 2.45) is 5.92 Å². The number of ether oxygens (including phenoxy) is 1. The average Bonchev–Trinajstić information content (AvgIpc) is 3.24. The van der Waals surface area contributed by atoms with Crippen LogP contribution in [0.25, 0.3) is 0 Å². The summed E-state index contributed by atoms with van der Waals surface area (Å²) in [6.45, 7) is 2.29. The van der Waals surface area contributed by atoms with E-state index in [0.717, 1.165) is 36.1 Å². The van der Waals surface area contributed by atoms with Crippen LogP contribution in [0.15, 0.2) is 23.3 Å². The van der Waals surface area contributed by atoms with Crippen molar-refractivity contribution < 1.29 is 22.7 Å². The minimum absolute atomic E-state index is 0.0441. The van der Waals surface area contributed by atoms with Crippen LogP contribution in [0.1, 0.15) is 42.5 Å². The Kier molecular flexibility index (Phi) is 5.35. The molecule has 28 heavy (non-hydrogen) atoms. The van der Waals surface area contributed by atoms with Crippen molar-refractivity contribution in [1.29, 1.82) is 0 Å². The third-order valence-electron chi connectivity index (χ3n) is 6.09. The van der Waals surface area contributed by atoms with Gasteiger partial charge in [0.15, 0.2) is 15.6 Å².